The number of carboxylic acids is 1. The second-order valence-corrected chi connectivity index (χ2v) is 23.1. The molecule has 0 saturated carbocycles. The summed E-state index contributed by atoms with van der Waals surface area (Å²) >= 11 is 0. The maximum absolute atomic E-state index is 15.1. The molecule has 2 aliphatic rings. The van der Waals surface area contributed by atoms with Gasteiger partial charge in [0.1, 0.15) is 48.0 Å². The Morgan fingerprint density at radius 2 is 1.20 bits per heavy atom. The molecule has 2 aromatic heterocycles. The molecule has 4 aromatic carbocycles. The van der Waals surface area contributed by atoms with Crippen molar-refractivity contribution in [2.75, 3.05) is 33.2 Å². The van der Waals surface area contributed by atoms with Gasteiger partial charge in [0.25, 0.3) is 0 Å². The van der Waals surface area contributed by atoms with E-state index < -0.39 is 133 Å². The van der Waals surface area contributed by atoms with Gasteiger partial charge in [-0.15, -0.1) is 5.10 Å². The number of fused-ring (bicyclic) bond motifs is 2. The Labute approximate surface area is 535 Å². The number of rotatable bonds is 17. The Balaban J connectivity index is 1.14. The maximum atomic E-state index is 15.1. The summed E-state index contributed by atoms with van der Waals surface area (Å²) in [6.45, 7) is 0.343. The van der Waals surface area contributed by atoms with Crippen molar-refractivity contribution in [3.63, 3.8) is 0 Å². The highest BCUT2D eigenvalue weighted by Gasteiger charge is 2.40. The molecule has 0 radical (unpaired) electrons. The molecule has 8 rings (SSSR count). The summed E-state index contributed by atoms with van der Waals surface area (Å²) in [5.74, 6) is -10.1. The minimum Gasteiger partial charge on any atom is -0.508 e. The molecule has 2 fully saturated rings. The third kappa shape index (κ3) is 19.5. The predicted octanol–water partition coefficient (Wildman–Crippen LogP) is -0.0982. The summed E-state index contributed by atoms with van der Waals surface area (Å²) in [6.07, 6.45) is 4.09. The number of carbonyl (C=O) groups excluding carboxylic acids is 10. The van der Waals surface area contributed by atoms with Crippen molar-refractivity contribution in [1.82, 2.24) is 72.3 Å². The molecule has 93 heavy (non-hydrogen) atoms. The number of aromatic hydroxyl groups is 1. The first-order valence-corrected chi connectivity index (χ1v) is 30.9. The monoisotopic (exact) mass is 1280 g/mol. The minimum atomic E-state index is -1.78. The van der Waals surface area contributed by atoms with E-state index in [9.17, 15) is 58.2 Å². The highest BCUT2D eigenvalue weighted by molar-refractivity contribution is 5.99. The molecule has 0 unspecified atom stereocenters. The normalized spacial score (nSPS) is 21.5. The number of carbonyl (C=O) groups is 11. The van der Waals surface area contributed by atoms with Crippen LogP contribution in [0, 0.1) is 0 Å². The first kappa shape index (κ1) is 68.4. The van der Waals surface area contributed by atoms with Crippen LogP contribution in [-0.2, 0) is 91.5 Å². The average molecular weight is 1280 g/mol. The van der Waals surface area contributed by atoms with Crippen LogP contribution in [-0.4, -0.2) is 181 Å². The number of phenolic OH excluding ortho intramolecular Hbond substituents is 1. The Bertz CT molecular complexity index is 3630. The van der Waals surface area contributed by atoms with Crippen LogP contribution < -0.4 is 48.3 Å². The van der Waals surface area contributed by atoms with Crippen molar-refractivity contribution in [3.05, 3.63) is 149 Å². The number of nitrogens with zero attached hydrogens (tertiary/aromatic N) is 5. The number of amides is 10. The van der Waals surface area contributed by atoms with E-state index in [0.29, 0.717) is 47.3 Å². The number of unbranched alkanes of at least 4 members (excludes halogenated alkanes) is 2. The standard InChI is InChI=1S/C65H79N15O13/c1-3-4-6-16-48-60(88)73-51(30-43-33-67-47-15-10-9-14-46(43)47)59(87)69-35-56(83)71-49(27-41-22-24-45(81)25-23-41)61(89)75-52(31-58(85)86)65(93)80-26-11-17-53(80)63(91)70-34-55(82)68-36-57(84)78(2)54(29-39-12-7-5-8-13-39)64(92)74-50(62(90)72-48)28-40-18-20-42(21-19-40)37-79-38-44(32-66)76-77-79/h5,7-10,12-15,18-25,33,38,48-54,67,81H,3-4,6,11,16-17,26-32,34-37,66H2,1-2H3,(H,68,82)(H,69,87)(H,70,91)(H,71,83)(H,72,90)(H,73,88)(H,74,92)(H,75,89)(H,85,86)/t48-,49-,50-,51-,52-,53+,54-/m0/s1. The summed E-state index contributed by atoms with van der Waals surface area (Å²) in [6, 6.07) is 18.8. The predicted molar refractivity (Wildman–Crippen MR) is 337 cm³/mol. The van der Waals surface area contributed by atoms with Crippen molar-refractivity contribution < 1.29 is 63.0 Å². The first-order chi connectivity index (χ1) is 44.7. The van der Waals surface area contributed by atoms with E-state index in [-0.39, 0.29) is 63.8 Å². The number of benzene rings is 4. The summed E-state index contributed by atoms with van der Waals surface area (Å²) in [7, 11) is 1.36. The van der Waals surface area contributed by atoms with Gasteiger partial charge in [-0.2, -0.15) is 0 Å². The molecule has 492 valence electrons. The van der Waals surface area contributed by atoms with Crippen molar-refractivity contribution in [2.45, 2.75) is 133 Å². The number of hydrogen-bond donors (Lipinski definition) is 12. The second-order valence-electron chi connectivity index (χ2n) is 23.1. The van der Waals surface area contributed by atoms with Gasteiger partial charge in [0.15, 0.2) is 0 Å². The van der Waals surface area contributed by atoms with Crippen molar-refractivity contribution in [2.24, 2.45) is 5.73 Å². The van der Waals surface area contributed by atoms with Crippen molar-refractivity contribution >= 4 is 75.9 Å². The summed E-state index contributed by atoms with van der Waals surface area (Å²) in [5.41, 5.74) is 10.1. The molecule has 0 aliphatic carbocycles. The van der Waals surface area contributed by atoms with Crippen LogP contribution in [0.3, 0.4) is 0 Å². The quantitative estimate of drug-likeness (QED) is 0.0531. The van der Waals surface area contributed by atoms with Crippen LogP contribution >= 0.6 is 0 Å². The number of aromatic amines is 1. The van der Waals surface area contributed by atoms with Gasteiger partial charge >= 0.3 is 5.97 Å². The lowest BCUT2D eigenvalue weighted by Gasteiger charge is -2.30. The molecule has 10 amide bonds. The fourth-order valence-electron chi connectivity index (χ4n) is 11.2. The topological polar surface area (TPSA) is 403 Å². The van der Waals surface area contributed by atoms with Gasteiger partial charge in [-0.3, -0.25) is 52.7 Å². The van der Waals surface area contributed by atoms with Crippen LogP contribution in [0.2, 0.25) is 0 Å². The zero-order chi connectivity index (χ0) is 66.6. The highest BCUT2D eigenvalue weighted by Crippen LogP contribution is 2.22. The number of phenols is 1. The molecule has 2 saturated heterocycles. The lowest BCUT2D eigenvalue weighted by Crippen LogP contribution is -2.60. The lowest BCUT2D eigenvalue weighted by molar-refractivity contribution is -0.146. The largest absolute Gasteiger partial charge is 0.508 e. The molecule has 0 spiro atoms. The number of para-hydroxylation sites is 1. The maximum Gasteiger partial charge on any atom is 0.305 e. The van der Waals surface area contributed by atoms with Gasteiger partial charge in [-0.25, -0.2) is 4.68 Å². The molecule has 2 aliphatic heterocycles. The van der Waals surface area contributed by atoms with Gasteiger partial charge in [-0.05, 0) is 65.3 Å². The van der Waals surface area contributed by atoms with E-state index in [1.165, 1.54) is 31.3 Å². The number of carboxylic acid groups (broad SMARTS) is 1. The number of aliphatic carboxylic acids is 1. The summed E-state index contributed by atoms with van der Waals surface area (Å²) < 4.78 is 1.62. The van der Waals surface area contributed by atoms with E-state index in [2.05, 4.69) is 57.8 Å². The molecular weight excluding hydrogens is 1200 g/mol. The minimum absolute atomic E-state index is 0.0384. The van der Waals surface area contributed by atoms with Crippen LogP contribution in [0.1, 0.15) is 85.4 Å². The lowest BCUT2D eigenvalue weighted by atomic mass is 10.00. The Kier molecular flexibility index (Phi) is 24.3. The third-order valence-corrected chi connectivity index (χ3v) is 16.3. The van der Waals surface area contributed by atoms with E-state index >= 15 is 4.79 Å². The fraction of sp³-hybridized carbons (Fsp3) is 0.400. The van der Waals surface area contributed by atoms with Crippen LogP contribution in [0.5, 0.6) is 5.75 Å². The Morgan fingerprint density at radius 1 is 0.613 bits per heavy atom. The number of hydrogen-bond acceptors (Lipinski definition) is 15. The number of H-pyrrole nitrogens is 1. The van der Waals surface area contributed by atoms with E-state index in [4.69, 9.17) is 5.73 Å². The van der Waals surface area contributed by atoms with E-state index in [1.807, 2.05) is 37.3 Å². The van der Waals surface area contributed by atoms with Crippen molar-refractivity contribution in [1.29, 1.82) is 0 Å². The molecule has 4 heterocycles. The fourth-order valence-corrected chi connectivity index (χ4v) is 11.2. The number of nitrogens with one attached hydrogen (secondary N) is 9. The van der Waals surface area contributed by atoms with Crippen LogP contribution in [0.4, 0.5) is 0 Å². The van der Waals surface area contributed by atoms with Crippen molar-refractivity contribution in [3.8, 4) is 5.75 Å². The van der Waals surface area contributed by atoms with Crippen LogP contribution in [0.15, 0.2) is 116 Å². The molecule has 13 N–H and O–H groups in total. The molecule has 28 heteroatoms. The van der Waals surface area contributed by atoms with Gasteiger partial charge in [0.2, 0.25) is 59.1 Å². The van der Waals surface area contributed by atoms with E-state index in [0.717, 1.165) is 32.7 Å². The smallest absolute Gasteiger partial charge is 0.305 e. The Morgan fingerprint density at radius 3 is 1.89 bits per heavy atom. The SMILES string of the molecule is CCCCC[C@@H]1NC(=O)[C@H](Cc2ccc(Cn3cc(CN)nn3)cc2)NC(=O)[C@H](Cc2ccccc2)N(C)C(=O)CNC(=O)CNC(=O)[C@H]2CCCN2C(=O)[C@H](CC(=O)O)NC(=O)[C@H](Cc2ccc(O)cc2)NC(=O)CNC(=O)[C@H](Cc2c[nH]c3ccccc23)NC1=O. The average Bonchev–Trinajstić information content (AvgIpc) is 1.94. The molecule has 0 bridgehead atoms. The molecule has 7 atom stereocenters. The zero-order valence-corrected chi connectivity index (χ0v) is 51.7. The number of nitrogens with two attached hydrogens (primary N) is 1. The Hall–Kier alpha value is -10.5. The molecule has 28 nitrogen and oxygen atoms in total. The third-order valence-electron chi connectivity index (χ3n) is 16.3. The highest BCUT2D eigenvalue weighted by atomic mass is 16.4. The first-order valence-electron chi connectivity index (χ1n) is 30.9. The molecule has 6 aromatic rings. The van der Waals surface area contributed by atoms with Gasteiger partial charge < -0.3 is 73.3 Å². The van der Waals surface area contributed by atoms with Crippen LogP contribution in [0.25, 0.3) is 10.9 Å². The summed E-state index contributed by atoms with van der Waals surface area (Å²) in [4.78, 5) is 161. The van der Waals surface area contributed by atoms with Gasteiger partial charge in [0, 0.05) is 62.9 Å². The molecular formula is C65H79N15O13. The zero-order valence-electron chi connectivity index (χ0n) is 51.7. The number of aromatic nitrogens is 4. The van der Waals surface area contributed by atoms with Gasteiger partial charge in [-0.1, -0.05) is 116 Å². The summed E-state index contributed by atoms with van der Waals surface area (Å²) in [5, 5.41) is 50.0. The second kappa shape index (κ2) is 33.0. The van der Waals surface area contributed by atoms with E-state index in [1.54, 1.807) is 65.6 Å². The number of likely N-dealkylation sites (N-methyl/N-ethyl adjacent to an activating group) is 1. The van der Waals surface area contributed by atoms with Gasteiger partial charge in [0.05, 0.1) is 44.5 Å².